The monoisotopic (exact) mass is 370 g/mol. The summed E-state index contributed by atoms with van der Waals surface area (Å²) in [5.41, 5.74) is 4.07. The largest absolute Gasteiger partial charge is 0.207 e. The van der Waals surface area contributed by atoms with E-state index in [1.54, 1.807) is 6.92 Å². The lowest BCUT2D eigenvalue weighted by Gasteiger charge is -2.14. The Bertz CT molecular complexity index is 579. The van der Waals surface area contributed by atoms with E-state index in [0.29, 0.717) is 5.56 Å². The van der Waals surface area contributed by atoms with Crippen LogP contribution in [0.3, 0.4) is 0 Å². The zero-order valence-corrected chi connectivity index (χ0v) is 13.3. The summed E-state index contributed by atoms with van der Waals surface area (Å²) in [6, 6.07) is 11.4. The molecule has 0 saturated heterocycles. The first-order chi connectivity index (χ1) is 8.49. The summed E-state index contributed by atoms with van der Waals surface area (Å²) in [5, 5.41) is 0. The molecule has 0 spiro atoms. The third-order valence-corrected chi connectivity index (χ3v) is 4.61. The molecule has 3 heteroatoms. The number of hydrogen-bond acceptors (Lipinski definition) is 0. The van der Waals surface area contributed by atoms with E-state index < -0.39 is 0 Å². The SMILES string of the molecule is Cc1ccc(C(Br)c2ccc(F)c(C)c2)c(Br)c1. The fourth-order valence-corrected chi connectivity index (χ4v) is 3.56. The average Bonchev–Trinajstić information content (AvgIpc) is 2.32. The van der Waals surface area contributed by atoms with Crippen LogP contribution in [0.2, 0.25) is 0 Å². The van der Waals surface area contributed by atoms with Crippen LogP contribution in [0.1, 0.15) is 27.1 Å². The highest BCUT2D eigenvalue weighted by molar-refractivity contribution is 9.11. The van der Waals surface area contributed by atoms with Crippen LogP contribution in [0.5, 0.6) is 0 Å². The molecule has 0 radical (unpaired) electrons. The molecule has 0 bridgehead atoms. The van der Waals surface area contributed by atoms with Gasteiger partial charge in [0, 0.05) is 4.47 Å². The van der Waals surface area contributed by atoms with Crippen molar-refractivity contribution in [3.8, 4) is 0 Å². The lowest BCUT2D eigenvalue weighted by molar-refractivity contribution is 0.617. The molecule has 1 unspecified atom stereocenters. The Kier molecular flexibility index (Phi) is 4.23. The second kappa shape index (κ2) is 5.54. The van der Waals surface area contributed by atoms with Gasteiger partial charge in [-0.05, 0) is 48.2 Å². The van der Waals surface area contributed by atoms with Crippen molar-refractivity contribution in [2.45, 2.75) is 18.7 Å². The first-order valence-electron chi connectivity index (χ1n) is 5.65. The summed E-state index contributed by atoms with van der Waals surface area (Å²) in [6.45, 7) is 3.84. The van der Waals surface area contributed by atoms with E-state index >= 15 is 0 Å². The number of aryl methyl sites for hydroxylation is 2. The Labute approximate surface area is 123 Å². The van der Waals surface area contributed by atoms with Crippen molar-refractivity contribution in [1.82, 2.24) is 0 Å². The van der Waals surface area contributed by atoms with E-state index in [-0.39, 0.29) is 10.6 Å². The maximum absolute atomic E-state index is 13.3. The van der Waals surface area contributed by atoms with E-state index in [4.69, 9.17) is 0 Å². The van der Waals surface area contributed by atoms with Gasteiger partial charge < -0.3 is 0 Å². The number of benzene rings is 2. The van der Waals surface area contributed by atoms with Gasteiger partial charge in [0.05, 0.1) is 4.83 Å². The highest BCUT2D eigenvalue weighted by atomic mass is 79.9. The number of rotatable bonds is 2. The van der Waals surface area contributed by atoms with Crippen LogP contribution in [0.4, 0.5) is 4.39 Å². The van der Waals surface area contributed by atoms with Crippen molar-refractivity contribution in [3.05, 3.63) is 68.9 Å². The number of halogens is 3. The van der Waals surface area contributed by atoms with Crippen LogP contribution < -0.4 is 0 Å². The van der Waals surface area contributed by atoms with Gasteiger partial charge in [0.1, 0.15) is 5.82 Å². The van der Waals surface area contributed by atoms with Gasteiger partial charge in [-0.2, -0.15) is 0 Å². The highest BCUT2D eigenvalue weighted by Crippen LogP contribution is 2.36. The Balaban J connectivity index is 2.41. The molecule has 2 rings (SSSR count). The minimum Gasteiger partial charge on any atom is -0.207 e. The normalized spacial score (nSPS) is 12.5. The third kappa shape index (κ3) is 2.83. The summed E-state index contributed by atoms with van der Waals surface area (Å²) in [4.78, 5) is 0.0618. The predicted octanol–water partition coefficient (Wildman–Crippen LogP) is 5.69. The quantitative estimate of drug-likeness (QED) is 0.595. The van der Waals surface area contributed by atoms with E-state index in [1.807, 2.05) is 12.1 Å². The molecule has 2 aromatic carbocycles. The summed E-state index contributed by atoms with van der Waals surface area (Å²) in [6.07, 6.45) is 0. The lowest BCUT2D eigenvalue weighted by Crippen LogP contribution is -1.96. The molecule has 0 aliphatic carbocycles. The average molecular weight is 372 g/mol. The number of alkyl halides is 1. The van der Waals surface area contributed by atoms with Crippen molar-refractivity contribution in [3.63, 3.8) is 0 Å². The maximum atomic E-state index is 13.3. The van der Waals surface area contributed by atoms with Crippen LogP contribution in [-0.4, -0.2) is 0 Å². The molecule has 0 saturated carbocycles. The van der Waals surface area contributed by atoms with Gasteiger partial charge in [0.25, 0.3) is 0 Å². The third-order valence-electron chi connectivity index (χ3n) is 2.90. The summed E-state index contributed by atoms with van der Waals surface area (Å²) in [7, 11) is 0. The molecule has 1 atom stereocenters. The van der Waals surface area contributed by atoms with Gasteiger partial charge in [0.15, 0.2) is 0 Å². The van der Waals surface area contributed by atoms with Gasteiger partial charge in [-0.3, -0.25) is 0 Å². The second-order valence-electron chi connectivity index (χ2n) is 4.40. The van der Waals surface area contributed by atoms with Crippen molar-refractivity contribution < 1.29 is 4.39 Å². The van der Waals surface area contributed by atoms with Crippen molar-refractivity contribution in [2.24, 2.45) is 0 Å². The molecule has 2 aromatic rings. The second-order valence-corrected chi connectivity index (χ2v) is 6.17. The van der Waals surface area contributed by atoms with Crippen molar-refractivity contribution in [2.75, 3.05) is 0 Å². The van der Waals surface area contributed by atoms with Crippen LogP contribution in [-0.2, 0) is 0 Å². The molecule has 94 valence electrons. The molecule has 0 aliphatic heterocycles. The first-order valence-corrected chi connectivity index (χ1v) is 7.36. The zero-order chi connectivity index (χ0) is 13.3. The Morgan fingerprint density at radius 2 is 1.78 bits per heavy atom. The minimum absolute atomic E-state index is 0.0618. The molecule has 0 N–H and O–H groups in total. The molecule has 0 aliphatic rings. The molecule has 0 heterocycles. The van der Waals surface area contributed by atoms with Crippen LogP contribution in [0.15, 0.2) is 40.9 Å². The molecule has 0 nitrogen and oxygen atoms in total. The fraction of sp³-hybridized carbons (Fsp3) is 0.200. The van der Waals surface area contributed by atoms with Crippen LogP contribution in [0.25, 0.3) is 0 Å². The van der Waals surface area contributed by atoms with Gasteiger partial charge >= 0.3 is 0 Å². The molecule has 0 amide bonds. The van der Waals surface area contributed by atoms with Crippen LogP contribution >= 0.6 is 31.9 Å². The van der Waals surface area contributed by atoms with E-state index in [0.717, 1.165) is 15.6 Å². The van der Waals surface area contributed by atoms with Crippen molar-refractivity contribution >= 4 is 31.9 Å². The molecular weight excluding hydrogens is 359 g/mol. The zero-order valence-electron chi connectivity index (χ0n) is 10.2. The molecule has 0 aromatic heterocycles. The summed E-state index contributed by atoms with van der Waals surface area (Å²) >= 11 is 7.25. The standard InChI is InChI=1S/C15H13Br2F/c1-9-3-5-12(13(16)7-9)15(17)11-4-6-14(18)10(2)8-11/h3-8,15H,1-2H3. The maximum Gasteiger partial charge on any atom is 0.126 e. The topological polar surface area (TPSA) is 0 Å². The van der Waals surface area contributed by atoms with Crippen LogP contribution in [0, 0.1) is 19.7 Å². The number of hydrogen-bond donors (Lipinski definition) is 0. The van der Waals surface area contributed by atoms with Gasteiger partial charge in [0.2, 0.25) is 0 Å². The highest BCUT2D eigenvalue weighted by Gasteiger charge is 2.14. The van der Waals surface area contributed by atoms with Crippen molar-refractivity contribution in [1.29, 1.82) is 0 Å². The lowest BCUT2D eigenvalue weighted by atomic mass is 10.0. The van der Waals surface area contributed by atoms with E-state index in [9.17, 15) is 4.39 Å². The van der Waals surface area contributed by atoms with Gasteiger partial charge in [-0.15, -0.1) is 0 Å². The predicted molar refractivity (Wildman–Crippen MR) is 80.8 cm³/mol. The Morgan fingerprint density at radius 1 is 1.06 bits per heavy atom. The minimum atomic E-state index is -0.165. The fourth-order valence-electron chi connectivity index (χ4n) is 1.84. The van der Waals surface area contributed by atoms with E-state index in [1.165, 1.54) is 11.6 Å². The Hall–Kier alpha value is -0.670. The van der Waals surface area contributed by atoms with E-state index in [2.05, 4.69) is 57.0 Å². The molecular formula is C15H13Br2F. The smallest absolute Gasteiger partial charge is 0.126 e. The molecule has 18 heavy (non-hydrogen) atoms. The summed E-state index contributed by atoms with van der Waals surface area (Å²) in [5.74, 6) is -0.165. The Morgan fingerprint density at radius 3 is 2.39 bits per heavy atom. The molecule has 0 fully saturated rings. The van der Waals surface area contributed by atoms with Gasteiger partial charge in [-0.25, -0.2) is 4.39 Å². The summed E-state index contributed by atoms with van der Waals surface area (Å²) < 4.78 is 14.3. The van der Waals surface area contributed by atoms with Gasteiger partial charge in [-0.1, -0.05) is 56.1 Å². The first kappa shape index (κ1) is 13.8.